The Balaban J connectivity index is 1.50. The number of benzene rings is 3. The predicted octanol–water partition coefficient (Wildman–Crippen LogP) is 4.90. The molecule has 216 valence electrons. The van der Waals surface area contributed by atoms with Gasteiger partial charge in [-0.15, -0.1) is 11.8 Å². The van der Waals surface area contributed by atoms with Crippen molar-refractivity contribution in [2.24, 2.45) is 0 Å². The second-order valence-corrected chi connectivity index (χ2v) is 10.3. The lowest BCUT2D eigenvalue weighted by atomic mass is 10.0. The van der Waals surface area contributed by atoms with Crippen LogP contribution in [-0.2, 0) is 25.6 Å². The molecule has 41 heavy (non-hydrogen) atoms. The zero-order valence-corrected chi connectivity index (χ0v) is 23.3. The van der Waals surface area contributed by atoms with Crippen molar-refractivity contribution in [1.82, 2.24) is 5.32 Å². The third kappa shape index (κ3) is 8.54. The fourth-order valence-corrected chi connectivity index (χ4v) is 5.34. The van der Waals surface area contributed by atoms with Gasteiger partial charge in [-0.05, 0) is 42.3 Å². The fourth-order valence-electron chi connectivity index (χ4n) is 4.28. The number of carbonyl (C=O) groups excluding carboxylic acids is 2. The van der Waals surface area contributed by atoms with E-state index in [0.717, 1.165) is 11.1 Å². The zero-order valence-electron chi connectivity index (χ0n) is 22.4. The average molecular weight is 581 g/mol. The maximum Gasteiger partial charge on any atom is 0.336 e. The van der Waals surface area contributed by atoms with E-state index in [9.17, 15) is 24.6 Å². The summed E-state index contributed by atoms with van der Waals surface area (Å²) in [5.41, 5.74) is 3.09. The van der Waals surface area contributed by atoms with Gasteiger partial charge in [-0.3, -0.25) is 4.79 Å². The molecular weight excluding hydrogens is 548 g/mol. The number of aliphatic hydroxyl groups is 1. The highest BCUT2D eigenvalue weighted by Crippen LogP contribution is 2.40. The Labute approximate surface area is 242 Å². The number of ether oxygens (including phenoxy) is 3. The number of anilines is 1. The molecule has 0 radical (unpaired) electrons. The lowest BCUT2D eigenvalue weighted by molar-refractivity contribution is -0.245. The molecule has 10 nitrogen and oxygen atoms in total. The lowest BCUT2D eigenvalue weighted by Crippen LogP contribution is -2.34. The molecular formula is C30H32N2O8S. The van der Waals surface area contributed by atoms with Crippen LogP contribution in [0.3, 0.4) is 0 Å². The Kier molecular flexibility index (Phi) is 10.7. The first-order valence-electron chi connectivity index (χ1n) is 13.1. The molecule has 3 atom stereocenters. The quantitative estimate of drug-likeness (QED) is 0.184. The van der Waals surface area contributed by atoms with E-state index in [1.807, 2.05) is 30.3 Å². The second-order valence-electron chi connectivity index (χ2n) is 9.20. The molecule has 0 spiro atoms. The van der Waals surface area contributed by atoms with Crippen molar-refractivity contribution in [1.29, 1.82) is 0 Å². The largest absolute Gasteiger partial charge is 0.478 e. The molecule has 0 saturated carbocycles. The summed E-state index contributed by atoms with van der Waals surface area (Å²) in [6.07, 6.45) is -0.847. The van der Waals surface area contributed by atoms with Gasteiger partial charge in [0, 0.05) is 28.3 Å². The van der Waals surface area contributed by atoms with Crippen molar-refractivity contribution in [2.45, 2.75) is 43.3 Å². The van der Waals surface area contributed by atoms with Gasteiger partial charge in [0.2, 0.25) is 0 Å². The van der Waals surface area contributed by atoms with E-state index in [-0.39, 0.29) is 37.5 Å². The van der Waals surface area contributed by atoms with E-state index < -0.39 is 24.3 Å². The Morgan fingerprint density at radius 2 is 1.78 bits per heavy atom. The number of amides is 2. The van der Waals surface area contributed by atoms with E-state index in [1.54, 1.807) is 49.4 Å². The van der Waals surface area contributed by atoms with E-state index in [4.69, 9.17) is 14.2 Å². The van der Waals surface area contributed by atoms with E-state index in [1.165, 1.54) is 11.8 Å². The third-order valence-corrected chi connectivity index (χ3v) is 7.48. The van der Waals surface area contributed by atoms with Crippen LogP contribution in [0.4, 0.5) is 10.5 Å². The van der Waals surface area contributed by atoms with Gasteiger partial charge in [0.15, 0.2) is 6.29 Å². The summed E-state index contributed by atoms with van der Waals surface area (Å²) in [6.45, 7) is 1.59. The summed E-state index contributed by atoms with van der Waals surface area (Å²) in [4.78, 5) is 36.1. The molecule has 1 aliphatic rings. The van der Waals surface area contributed by atoms with Gasteiger partial charge in [-0.1, -0.05) is 48.5 Å². The Morgan fingerprint density at radius 1 is 1.00 bits per heavy atom. The minimum absolute atomic E-state index is 0.0626. The van der Waals surface area contributed by atoms with Crippen LogP contribution in [0.25, 0.3) is 0 Å². The van der Waals surface area contributed by atoms with Crippen molar-refractivity contribution in [2.75, 3.05) is 24.2 Å². The molecule has 4 rings (SSSR count). The number of nitrogens with one attached hydrogen (secondary N) is 2. The zero-order chi connectivity index (χ0) is 29.2. The highest BCUT2D eigenvalue weighted by atomic mass is 32.2. The number of esters is 1. The molecule has 0 bridgehead atoms. The number of carbonyl (C=O) groups is 3. The summed E-state index contributed by atoms with van der Waals surface area (Å²) >= 11 is 1.41. The number of carboxylic acid groups (broad SMARTS) is 1. The summed E-state index contributed by atoms with van der Waals surface area (Å²) in [5, 5.41) is 24.1. The van der Waals surface area contributed by atoms with Crippen LogP contribution in [-0.4, -0.2) is 53.2 Å². The summed E-state index contributed by atoms with van der Waals surface area (Å²) in [6, 6.07) is 20.8. The molecule has 11 heteroatoms. The first kappa shape index (κ1) is 30.1. The molecule has 1 aliphatic heterocycles. The maximum absolute atomic E-state index is 12.3. The van der Waals surface area contributed by atoms with Crippen LogP contribution in [0, 0.1) is 0 Å². The minimum Gasteiger partial charge on any atom is -0.478 e. The van der Waals surface area contributed by atoms with Gasteiger partial charge < -0.3 is 35.1 Å². The highest BCUT2D eigenvalue weighted by molar-refractivity contribution is 7.99. The van der Waals surface area contributed by atoms with Crippen LogP contribution in [0.2, 0.25) is 0 Å². The number of urea groups is 1. The van der Waals surface area contributed by atoms with Gasteiger partial charge in [0.25, 0.3) is 0 Å². The van der Waals surface area contributed by atoms with Crippen LogP contribution in [0.1, 0.15) is 52.8 Å². The third-order valence-electron chi connectivity index (χ3n) is 6.27. The normalized spacial score (nSPS) is 18.3. The number of hydrogen-bond acceptors (Lipinski definition) is 8. The van der Waals surface area contributed by atoms with Crippen molar-refractivity contribution in [3.05, 3.63) is 95.1 Å². The Bertz CT molecular complexity index is 1350. The summed E-state index contributed by atoms with van der Waals surface area (Å²) in [7, 11) is 0. The number of carboxylic acids is 1. The minimum atomic E-state index is -0.990. The highest BCUT2D eigenvalue weighted by Gasteiger charge is 2.32. The Morgan fingerprint density at radius 3 is 2.51 bits per heavy atom. The molecule has 1 heterocycles. The summed E-state index contributed by atoms with van der Waals surface area (Å²) < 4.78 is 17.5. The second kappa shape index (κ2) is 14.6. The maximum atomic E-state index is 12.3. The monoisotopic (exact) mass is 580 g/mol. The molecule has 3 aromatic carbocycles. The van der Waals surface area contributed by atoms with Crippen molar-refractivity contribution in [3.63, 3.8) is 0 Å². The number of aliphatic hydroxyl groups excluding tert-OH is 1. The van der Waals surface area contributed by atoms with Gasteiger partial charge in [-0.2, -0.15) is 0 Å². The Hall–Kier alpha value is -3.90. The molecule has 1 saturated heterocycles. The first-order chi connectivity index (χ1) is 19.9. The van der Waals surface area contributed by atoms with E-state index >= 15 is 0 Å². The van der Waals surface area contributed by atoms with Crippen LogP contribution >= 0.6 is 11.8 Å². The standard InChI is InChI=1S/C30H32N2O8S/c1-2-38-27(34)16-31-30(37)32-22-7-5-6-21(14-22)29-39-23(18-41-26-9-4-3-8-24(26)28(35)36)15-25(40-29)20-12-10-19(17-33)11-13-20/h3-14,23,25,29,33H,2,15-18H2,1H3,(H,35,36)(H2,31,32,37)/t23-,25+,29+/m0/s1. The molecule has 0 aromatic heterocycles. The van der Waals surface area contributed by atoms with Gasteiger partial charge in [-0.25, -0.2) is 9.59 Å². The van der Waals surface area contributed by atoms with Gasteiger partial charge in [0.05, 0.1) is 31.0 Å². The van der Waals surface area contributed by atoms with Crippen LogP contribution < -0.4 is 10.6 Å². The molecule has 0 unspecified atom stereocenters. The van der Waals surface area contributed by atoms with E-state index in [2.05, 4.69) is 10.6 Å². The molecule has 0 aliphatic carbocycles. The van der Waals surface area contributed by atoms with Crippen LogP contribution in [0.15, 0.2) is 77.7 Å². The molecule has 3 aromatic rings. The molecule has 2 amide bonds. The number of thioether (sulfide) groups is 1. The fraction of sp³-hybridized carbons (Fsp3) is 0.300. The molecule has 1 fully saturated rings. The van der Waals surface area contributed by atoms with Gasteiger partial charge in [0.1, 0.15) is 6.54 Å². The van der Waals surface area contributed by atoms with E-state index in [0.29, 0.717) is 28.3 Å². The average Bonchev–Trinajstić information content (AvgIpc) is 2.99. The first-order valence-corrected chi connectivity index (χ1v) is 14.1. The topological polar surface area (TPSA) is 143 Å². The lowest BCUT2D eigenvalue weighted by Gasteiger charge is -2.36. The van der Waals surface area contributed by atoms with Gasteiger partial charge >= 0.3 is 18.0 Å². The number of rotatable bonds is 11. The summed E-state index contributed by atoms with van der Waals surface area (Å²) in [5.74, 6) is -1.03. The number of aromatic carboxylic acids is 1. The SMILES string of the molecule is CCOC(=O)CNC(=O)Nc1cccc([C@@H]2O[C@H](CSc3ccccc3C(=O)O)C[C@H](c3ccc(CO)cc3)O2)c1. The molecule has 4 N–H and O–H groups in total. The predicted molar refractivity (Wildman–Crippen MR) is 153 cm³/mol. The van der Waals surface area contributed by atoms with Crippen molar-refractivity contribution in [3.8, 4) is 0 Å². The smallest absolute Gasteiger partial charge is 0.336 e. The number of hydrogen-bond donors (Lipinski definition) is 4. The van der Waals surface area contributed by atoms with Crippen molar-refractivity contribution < 1.29 is 38.8 Å². The van der Waals surface area contributed by atoms with Crippen LogP contribution in [0.5, 0.6) is 0 Å². The van der Waals surface area contributed by atoms with Crippen molar-refractivity contribution >= 4 is 35.4 Å².